The maximum atomic E-state index is 5.62. The molecule has 3 rings (SSSR count). The van der Waals surface area contributed by atoms with Crippen molar-refractivity contribution in [2.24, 2.45) is 16.0 Å². The number of methoxy groups -OCH3 is 2. The van der Waals surface area contributed by atoms with Crippen LogP contribution in [-0.4, -0.2) is 31.2 Å². The van der Waals surface area contributed by atoms with E-state index in [0.29, 0.717) is 6.54 Å². The first-order chi connectivity index (χ1) is 13.7. The van der Waals surface area contributed by atoms with E-state index in [1.807, 2.05) is 22.9 Å². The van der Waals surface area contributed by atoms with Crippen molar-refractivity contribution < 1.29 is 9.47 Å². The van der Waals surface area contributed by atoms with Crippen molar-refractivity contribution in [2.75, 3.05) is 20.8 Å². The molecule has 0 unspecified atom stereocenters. The zero-order chi connectivity index (χ0) is 19.9. The molecule has 0 amide bonds. The highest BCUT2D eigenvalue weighted by Crippen LogP contribution is 2.34. The molecule has 0 saturated heterocycles. The Morgan fingerprint density at radius 2 is 2.04 bits per heavy atom. The normalized spacial score (nSPS) is 17.5. The molecule has 1 aromatic heterocycles. The number of hydrogen-bond donors (Lipinski definition) is 0. The van der Waals surface area contributed by atoms with E-state index in [2.05, 4.69) is 23.9 Å². The number of nitrogens with zero attached hydrogens (tertiary/aromatic N) is 3. The van der Waals surface area contributed by atoms with Gasteiger partial charge < -0.3 is 9.47 Å². The maximum absolute atomic E-state index is 5.62. The van der Waals surface area contributed by atoms with E-state index in [1.54, 1.807) is 31.6 Å². The third kappa shape index (κ3) is 4.55. The molecular weight excluding hydrogens is 370 g/mol. The van der Waals surface area contributed by atoms with Crippen molar-refractivity contribution in [1.82, 2.24) is 4.68 Å². The third-order valence-electron chi connectivity index (χ3n) is 5.23. The van der Waals surface area contributed by atoms with E-state index >= 15 is 0 Å². The molecule has 0 atom stereocenters. The van der Waals surface area contributed by atoms with Gasteiger partial charge in [-0.25, -0.2) is 4.68 Å². The van der Waals surface area contributed by atoms with Crippen LogP contribution in [0.1, 0.15) is 39.0 Å². The average Bonchev–Trinajstić information content (AvgIpc) is 3.14. The molecule has 0 aliphatic heterocycles. The number of hydrogen-bond acceptors (Lipinski definition) is 5. The van der Waals surface area contributed by atoms with Gasteiger partial charge in [-0.3, -0.25) is 4.99 Å². The van der Waals surface area contributed by atoms with Crippen LogP contribution in [0.25, 0.3) is 11.3 Å². The van der Waals surface area contributed by atoms with Crippen LogP contribution in [0.4, 0.5) is 0 Å². The Balaban J connectivity index is 2.06. The molecule has 6 heteroatoms. The molecule has 0 radical (unpaired) electrons. The van der Waals surface area contributed by atoms with Gasteiger partial charge in [-0.15, -0.1) is 17.9 Å². The number of benzene rings is 1. The van der Waals surface area contributed by atoms with Gasteiger partial charge in [-0.2, -0.15) is 5.10 Å². The molecule has 1 heterocycles. The topological polar surface area (TPSA) is 48.1 Å². The van der Waals surface area contributed by atoms with Crippen LogP contribution < -0.4 is 14.3 Å². The maximum Gasteiger partial charge on any atom is 0.206 e. The minimum atomic E-state index is 0.572. The summed E-state index contributed by atoms with van der Waals surface area (Å²) < 4.78 is 12.9. The molecular formula is C22H29N3O2S. The fourth-order valence-electron chi connectivity index (χ4n) is 3.50. The van der Waals surface area contributed by atoms with Crippen LogP contribution in [0.5, 0.6) is 11.5 Å². The van der Waals surface area contributed by atoms with Gasteiger partial charge in [0.1, 0.15) is 11.5 Å². The summed E-state index contributed by atoms with van der Waals surface area (Å²) in [5, 5.41) is 7.11. The zero-order valence-electron chi connectivity index (χ0n) is 17.0. The van der Waals surface area contributed by atoms with E-state index in [9.17, 15) is 0 Å². The molecule has 28 heavy (non-hydrogen) atoms. The summed E-state index contributed by atoms with van der Waals surface area (Å²) in [6.45, 7) is 6.63. The van der Waals surface area contributed by atoms with Crippen LogP contribution in [0.2, 0.25) is 0 Å². The summed E-state index contributed by atoms with van der Waals surface area (Å²) in [4.78, 5) is 5.52. The Bertz CT molecular complexity index is 901. The largest absolute Gasteiger partial charge is 0.497 e. The smallest absolute Gasteiger partial charge is 0.206 e. The fraction of sp³-hybridized carbons (Fsp3) is 0.455. The lowest BCUT2D eigenvalue weighted by molar-refractivity contribution is 0.395. The van der Waals surface area contributed by atoms with Gasteiger partial charge in [0, 0.05) is 22.7 Å². The van der Waals surface area contributed by atoms with Gasteiger partial charge in [-0.05, 0) is 43.7 Å². The lowest BCUT2D eigenvalue weighted by Gasteiger charge is -2.21. The van der Waals surface area contributed by atoms with Crippen LogP contribution in [-0.2, 0) is 0 Å². The van der Waals surface area contributed by atoms with Crippen LogP contribution in [0.3, 0.4) is 0 Å². The molecule has 0 bridgehead atoms. The summed E-state index contributed by atoms with van der Waals surface area (Å²) in [6, 6.07) is 5.86. The lowest BCUT2D eigenvalue weighted by atomic mass is 9.86. The van der Waals surface area contributed by atoms with E-state index in [-0.39, 0.29) is 0 Å². The zero-order valence-corrected chi connectivity index (χ0v) is 17.8. The molecule has 1 saturated carbocycles. The van der Waals surface area contributed by atoms with Gasteiger partial charge in [0.05, 0.1) is 26.5 Å². The molecule has 5 nitrogen and oxygen atoms in total. The van der Waals surface area contributed by atoms with Crippen molar-refractivity contribution in [2.45, 2.75) is 39.0 Å². The van der Waals surface area contributed by atoms with Gasteiger partial charge in [-0.1, -0.05) is 19.4 Å². The monoisotopic (exact) mass is 399 g/mol. The first-order valence-corrected chi connectivity index (χ1v) is 10.7. The molecule has 1 fully saturated rings. The van der Waals surface area contributed by atoms with Crippen molar-refractivity contribution in [3.63, 3.8) is 0 Å². The van der Waals surface area contributed by atoms with Crippen molar-refractivity contribution in [3.05, 3.63) is 41.0 Å². The third-order valence-corrected chi connectivity index (χ3v) is 6.08. The Hall–Kier alpha value is -2.34. The predicted octanol–water partition coefficient (Wildman–Crippen LogP) is 5.12. The molecule has 1 aliphatic rings. The summed E-state index contributed by atoms with van der Waals surface area (Å²) in [6.07, 6.45) is 7.62. The van der Waals surface area contributed by atoms with E-state index in [1.165, 1.54) is 25.0 Å². The highest BCUT2D eigenvalue weighted by atomic mass is 32.1. The second-order valence-corrected chi connectivity index (χ2v) is 7.77. The van der Waals surface area contributed by atoms with Crippen molar-refractivity contribution >= 4 is 17.0 Å². The first kappa shape index (κ1) is 20.4. The minimum absolute atomic E-state index is 0.572. The molecule has 0 N–H and O–H groups in total. The standard InChI is InChI=1S/C22H29N3O2S/c1-5-13-23-22-25(24-17-9-7-16(6-2)8-10-17)20(15-28-22)19-12-11-18(26-3)14-21(19)27-4/h5,11-12,14-16H,1,6-10,13H2,2-4H3. The Kier molecular flexibility index (Phi) is 7.09. The van der Waals surface area contributed by atoms with E-state index < -0.39 is 0 Å². The Labute approximate surface area is 171 Å². The lowest BCUT2D eigenvalue weighted by Crippen LogP contribution is -2.19. The van der Waals surface area contributed by atoms with Gasteiger partial charge in [0.25, 0.3) is 0 Å². The summed E-state index contributed by atoms with van der Waals surface area (Å²) in [7, 11) is 3.33. The van der Waals surface area contributed by atoms with Crippen LogP contribution in [0, 0.1) is 5.92 Å². The summed E-state index contributed by atoms with van der Waals surface area (Å²) >= 11 is 1.59. The van der Waals surface area contributed by atoms with Crippen LogP contribution >= 0.6 is 11.3 Å². The van der Waals surface area contributed by atoms with Gasteiger partial charge in [0.15, 0.2) is 0 Å². The predicted molar refractivity (Wildman–Crippen MR) is 117 cm³/mol. The van der Waals surface area contributed by atoms with Gasteiger partial charge >= 0.3 is 0 Å². The highest BCUT2D eigenvalue weighted by molar-refractivity contribution is 7.07. The van der Waals surface area contributed by atoms with Crippen molar-refractivity contribution in [1.29, 1.82) is 0 Å². The van der Waals surface area contributed by atoms with Crippen molar-refractivity contribution in [3.8, 4) is 22.8 Å². The summed E-state index contributed by atoms with van der Waals surface area (Å²) in [5.41, 5.74) is 3.21. The Morgan fingerprint density at radius 3 is 2.68 bits per heavy atom. The molecule has 2 aromatic rings. The van der Waals surface area contributed by atoms with Crippen LogP contribution in [0.15, 0.2) is 46.3 Å². The number of ether oxygens (including phenoxy) is 2. The second kappa shape index (κ2) is 9.73. The highest BCUT2D eigenvalue weighted by Gasteiger charge is 2.18. The first-order valence-electron chi connectivity index (χ1n) is 9.81. The molecule has 150 valence electrons. The molecule has 1 aromatic carbocycles. The summed E-state index contributed by atoms with van der Waals surface area (Å²) in [5.74, 6) is 2.36. The molecule has 0 spiro atoms. The van der Waals surface area contributed by atoms with Gasteiger partial charge in [0.2, 0.25) is 4.80 Å². The SMILES string of the molecule is C=CCN=c1scc(-c2ccc(OC)cc2OC)n1N=C1CCC(CC)CC1. The van der Waals surface area contributed by atoms with E-state index in [4.69, 9.17) is 14.6 Å². The average molecular weight is 400 g/mol. The Morgan fingerprint density at radius 1 is 1.25 bits per heavy atom. The fourth-order valence-corrected chi connectivity index (χ4v) is 4.34. The minimum Gasteiger partial charge on any atom is -0.497 e. The molecule has 1 aliphatic carbocycles. The number of rotatable bonds is 7. The number of thiazole rings is 1. The quantitative estimate of drug-likeness (QED) is 0.606. The van der Waals surface area contributed by atoms with E-state index in [0.717, 1.165) is 46.3 Å². The number of aromatic nitrogens is 1. The second-order valence-electron chi connectivity index (χ2n) is 6.93.